The third-order valence-electron chi connectivity index (χ3n) is 4.34. The number of carbonyl (C=O) groups is 1. The molecule has 1 aliphatic rings. The Morgan fingerprint density at radius 1 is 1.17 bits per heavy atom. The second-order valence-corrected chi connectivity index (χ2v) is 8.69. The van der Waals surface area contributed by atoms with Crippen molar-refractivity contribution in [2.45, 2.75) is 13.3 Å². The lowest BCUT2D eigenvalue weighted by atomic mass is 10.2. The van der Waals surface area contributed by atoms with Crippen LogP contribution >= 0.6 is 35.6 Å². The van der Waals surface area contributed by atoms with Gasteiger partial charge in [0.25, 0.3) is 5.91 Å². The van der Waals surface area contributed by atoms with Crippen LogP contribution < -0.4 is 9.47 Å². The van der Waals surface area contributed by atoms with E-state index in [4.69, 9.17) is 33.3 Å². The first kappa shape index (κ1) is 22.4. The predicted molar refractivity (Wildman–Crippen MR) is 128 cm³/mol. The van der Waals surface area contributed by atoms with E-state index in [2.05, 4.69) is 6.58 Å². The number of aryl methyl sites for hydroxylation is 1. The van der Waals surface area contributed by atoms with Crippen LogP contribution in [0.5, 0.6) is 11.5 Å². The fraction of sp³-hybridized carbons (Fsp3) is 0.217. The summed E-state index contributed by atoms with van der Waals surface area (Å²) < 4.78 is 12.3. The number of carbonyl (C=O) groups excluding carboxylic acids is 1. The van der Waals surface area contributed by atoms with Crippen LogP contribution in [-0.4, -0.2) is 34.9 Å². The number of nitrogens with zero attached hydrogens (tertiary/aromatic N) is 1. The van der Waals surface area contributed by atoms with Gasteiger partial charge in [0.2, 0.25) is 0 Å². The highest BCUT2D eigenvalue weighted by atomic mass is 35.5. The Hall–Kier alpha value is -2.28. The van der Waals surface area contributed by atoms with Gasteiger partial charge < -0.3 is 9.47 Å². The number of thiocarbonyl (C=S) groups is 1. The molecule has 0 saturated carbocycles. The van der Waals surface area contributed by atoms with Crippen LogP contribution in [0.1, 0.15) is 17.5 Å². The van der Waals surface area contributed by atoms with Gasteiger partial charge in [-0.3, -0.25) is 9.69 Å². The maximum atomic E-state index is 12.6. The van der Waals surface area contributed by atoms with Crippen molar-refractivity contribution in [3.63, 3.8) is 0 Å². The van der Waals surface area contributed by atoms with E-state index in [0.717, 1.165) is 23.3 Å². The van der Waals surface area contributed by atoms with E-state index < -0.39 is 0 Å². The number of halogens is 1. The highest BCUT2D eigenvalue weighted by Crippen LogP contribution is 2.35. The molecule has 156 valence electrons. The summed E-state index contributed by atoms with van der Waals surface area (Å²) >= 11 is 12.7. The first-order chi connectivity index (χ1) is 14.5. The van der Waals surface area contributed by atoms with Gasteiger partial charge in [0.1, 0.15) is 15.8 Å². The summed E-state index contributed by atoms with van der Waals surface area (Å²) in [6.45, 7) is 7.11. The number of amides is 1. The molecule has 1 amide bonds. The van der Waals surface area contributed by atoms with Crippen molar-refractivity contribution in [2.24, 2.45) is 0 Å². The molecule has 1 aliphatic heterocycles. The summed E-state index contributed by atoms with van der Waals surface area (Å²) in [6, 6.07) is 13.3. The van der Waals surface area contributed by atoms with Crippen LogP contribution in [0.15, 0.2) is 60.0 Å². The Morgan fingerprint density at radius 2 is 1.90 bits per heavy atom. The molecular formula is C23H22ClNO3S2. The zero-order chi connectivity index (χ0) is 21.5. The van der Waals surface area contributed by atoms with Gasteiger partial charge in [-0.05, 0) is 42.8 Å². The maximum Gasteiger partial charge on any atom is 0.266 e. The van der Waals surface area contributed by atoms with E-state index in [0.29, 0.717) is 39.8 Å². The number of hydrogen-bond donors (Lipinski definition) is 0. The fourth-order valence-corrected chi connectivity index (χ4v) is 4.28. The van der Waals surface area contributed by atoms with E-state index in [-0.39, 0.29) is 5.91 Å². The Balaban J connectivity index is 1.63. The highest BCUT2D eigenvalue weighted by molar-refractivity contribution is 8.26. The third kappa shape index (κ3) is 5.65. The number of hydrogen-bond acceptors (Lipinski definition) is 5. The molecule has 4 nitrogen and oxygen atoms in total. The van der Waals surface area contributed by atoms with Gasteiger partial charge in [-0.15, -0.1) is 6.58 Å². The van der Waals surface area contributed by atoms with Crippen molar-refractivity contribution < 1.29 is 14.3 Å². The second-order valence-electron chi connectivity index (χ2n) is 6.58. The quantitative estimate of drug-likeness (QED) is 0.202. The molecule has 0 unspecified atom stereocenters. The molecule has 0 bridgehead atoms. The largest absolute Gasteiger partial charge is 0.493 e. The minimum Gasteiger partial charge on any atom is -0.493 e. The third-order valence-corrected chi connectivity index (χ3v) is 5.95. The van der Waals surface area contributed by atoms with Crippen LogP contribution in [0.25, 0.3) is 6.08 Å². The van der Waals surface area contributed by atoms with Crippen molar-refractivity contribution in [1.82, 2.24) is 4.90 Å². The number of rotatable bonds is 9. The molecule has 0 N–H and O–H groups in total. The molecule has 1 saturated heterocycles. The lowest BCUT2D eigenvalue weighted by molar-refractivity contribution is -0.121. The van der Waals surface area contributed by atoms with E-state index in [1.807, 2.05) is 31.2 Å². The van der Waals surface area contributed by atoms with Crippen molar-refractivity contribution in [2.75, 3.05) is 19.8 Å². The van der Waals surface area contributed by atoms with E-state index >= 15 is 0 Å². The van der Waals surface area contributed by atoms with Gasteiger partial charge in [0.05, 0.1) is 18.1 Å². The van der Waals surface area contributed by atoms with Gasteiger partial charge in [-0.1, -0.05) is 59.9 Å². The topological polar surface area (TPSA) is 38.8 Å². The van der Waals surface area contributed by atoms with Crippen LogP contribution in [0, 0.1) is 6.92 Å². The van der Waals surface area contributed by atoms with Crippen LogP contribution in [0.4, 0.5) is 0 Å². The van der Waals surface area contributed by atoms with Gasteiger partial charge in [-0.2, -0.15) is 0 Å². The van der Waals surface area contributed by atoms with E-state index in [9.17, 15) is 4.79 Å². The fourth-order valence-electron chi connectivity index (χ4n) is 2.83. The molecule has 30 heavy (non-hydrogen) atoms. The number of thioether (sulfide) groups is 1. The summed E-state index contributed by atoms with van der Waals surface area (Å²) in [7, 11) is 0. The molecule has 0 aliphatic carbocycles. The Bertz CT molecular complexity index is 990. The zero-order valence-corrected chi connectivity index (χ0v) is 19.0. The average molecular weight is 460 g/mol. The van der Waals surface area contributed by atoms with Crippen LogP contribution in [-0.2, 0) is 4.79 Å². The smallest absolute Gasteiger partial charge is 0.266 e. The molecule has 2 aromatic rings. The maximum absolute atomic E-state index is 12.6. The summed E-state index contributed by atoms with van der Waals surface area (Å²) in [4.78, 5) is 14.6. The predicted octanol–water partition coefficient (Wildman–Crippen LogP) is 5.88. The molecule has 0 radical (unpaired) electrons. The van der Waals surface area contributed by atoms with Crippen molar-refractivity contribution in [3.05, 3.63) is 76.2 Å². The normalized spacial score (nSPS) is 15.0. The number of para-hydroxylation sites is 1. The standard InChI is InChI=1S/C23H22ClNO3S2/c1-3-11-25-22(26)21(30-23(25)29)15-17-14-18(24)9-10-20(17)28-13-6-12-27-19-8-5-4-7-16(19)2/h3-5,7-10,14-15H,1,6,11-13H2,2H3/b21-15-. The lowest BCUT2D eigenvalue weighted by Gasteiger charge is -2.12. The van der Waals surface area contributed by atoms with Crippen LogP contribution in [0.2, 0.25) is 5.02 Å². The highest BCUT2D eigenvalue weighted by Gasteiger charge is 2.31. The molecule has 7 heteroatoms. The van der Waals surface area contributed by atoms with E-state index in [1.165, 1.54) is 16.7 Å². The Kier molecular flexibility index (Phi) is 7.96. The second kappa shape index (κ2) is 10.7. The monoisotopic (exact) mass is 459 g/mol. The molecule has 1 heterocycles. The molecule has 0 aromatic heterocycles. The molecule has 0 atom stereocenters. The first-order valence-corrected chi connectivity index (χ1v) is 11.1. The average Bonchev–Trinajstić information content (AvgIpc) is 2.98. The summed E-state index contributed by atoms with van der Waals surface area (Å²) in [6.07, 6.45) is 4.14. The SMILES string of the molecule is C=CCN1C(=O)/C(=C/c2cc(Cl)ccc2OCCCOc2ccccc2C)SC1=S. The van der Waals surface area contributed by atoms with Gasteiger partial charge in [-0.25, -0.2) is 0 Å². The first-order valence-electron chi connectivity index (χ1n) is 9.46. The summed E-state index contributed by atoms with van der Waals surface area (Å²) in [5.41, 5.74) is 1.84. The minimum absolute atomic E-state index is 0.137. The van der Waals surface area contributed by atoms with Gasteiger partial charge in [0, 0.05) is 23.6 Å². The molecule has 1 fully saturated rings. The number of ether oxygens (including phenoxy) is 2. The summed E-state index contributed by atoms with van der Waals surface area (Å²) in [5, 5.41) is 0.568. The molecule has 0 spiro atoms. The Morgan fingerprint density at radius 3 is 2.63 bits per heavy atom. The Labute approximate surface area is 191 Å². The summed E-state index contributed by atoms with van der Waals surface area (Å²) in [5.74, 6) is 1.40. The van der Waals surface area contributed by atoms with Crippen molar-refractivity contribution in [3.8, 4) is 11.5 Å². The molecule has 2 aromatic carbocycles. The lowest BCUT2D eigenvalue weighted by Crippen LogP contribution is -2.27. The van der Waals surface area contributed by atoms with Gasteiger partial charge in [0.15, 0.2) is 0 Å². The van der Waals surface area contributed by atoms with Gasteiger partial charge >= 0.3 is 0 Å². The molecule has 3 rings (SSSR count). The number of benzene rings is 2. The van der Waals surface area contributed by atoms with Crippen LogP contribution in [0.3, 0.4) is 0 Å². The van der Waals surface area contributed by atoms with E-state index in [1.54, 1.807) is 30.4 Å². The molecular weight excluding hydrogens is 438 g/mol. The minimum atomic E-state index is -0.137. The zero-order valence-electron chi connectivity index (χ0n) is 16.6. The van der Waals surface area contributed by atoms with Crippen molar-refractivity contribution in [1.29, 1.82) is 0 Å². The van der Waals surface area contributed by atoms with Crippen molar-refractivity contribution >= 4 is 51.9 Å².